The number of carbonyl (C=O) groups is 1. The minimum atomic E-state index is -1.78. The van der Waals surface area contributed by atoms with E-state index in [-0.39, 0.29) is 10.7 Å². The zero-order chi connectivity index (χ0) is 14.0. The molecule has 1 N–H and O–H groups in total. The minimum Gasteiger partial charge on any atom is -0.464 e. The van der Waals surface area contributed by atoms with Gasteiger partial charge in [-0.25, -0.2) is 4.79 Å². The Balaban J connectivity index is 2.65. The largest absolute Gasteiger partial charge is 0.464 e. The average Bonchev–Trinajstić information content (AvgIpc) is 2.72. The summed E-state index contributed by atoms with van der Waals surface area (Å²) < 4.78 is 10.6. The molecule has 0 saturated heterocycles. The van der Waals surface area contributed by atoms with E-state index in [9.17, 15) is 4.79 Å². The van der Waals surface area contributed by atoms with Crippen LogP contribution in [-0.2, 0) is 15.8 Å². The van der Waals surface area contributed by atoms with Gasteiger partial charge in [0.25, 0.3) is 0 Å². The number of ether oxygens (including phenoxy) is 1. The molecule has 1 aromatic heterocycles. The van der Waals surface area contributed by atoms with E-state index in [1.807, 2.05) is 0 Å². The number of nitrogens with one attached hydrogen (secondary N) is 1. The van der Waals surface area contributed by atoms with Crippen molar-refractivity contribution in [1.82, 2.24) is 10.2 Å². The van der Waals surface area contributed by atoms with Crippen LogP contribution in [0.3, 0.4) is 0 Å². The van der Waals surface area contributed by atoms with E-state index in [2.05, 4.69) is 48.8 Å². The summed E-state index contributed by atoms with van der Waals surface area (Å²) in [7, 11) is -0.442. The Morgan fingerprint density at radius 1 is 1.44 bits per heavy atom. The lowest BCUT2D eigenvalue weighted by Crippen LogP contribution is -2.40. The van der Waals surface area contributed by atoms with Crippen molar-refractivity contribution in [2.24, 2.45) is 0 Å². The summed E-state index contributed by atoms with van der Waals surface area (Å²) in [5, 5.41) is 6.84. The molecule has 6 heteroatoms. The van der Waals surface area contributed by atoms with Crippen molar-refractivity contribution in [1.29, 1.82) is 0 Å². The maximum Gasteiger partial charge on any atom is 0.358 e. The van der Waals surface area contributed by atoms with E-state index < -0.39 is 14.3 Å². The van der Waals surface area contributed by atoms with Gasteiger partial charge in [0.2, 0.25) is 0 Å². The fourth-order valence-electron chi connectivity index (χ4n) is 1.12. The summed E-state index contributed by atoms with van der Waals surface area (Å²) in [5.41, 5.74) is 1.08. The van der Waals surface area contributed by atoms with Crippen LogP contribution in [0.2, 0.25) is 18.1 Å². The quantitative estimate of drug-likeness (QED) is 0.675. The normalized spacial score (nSPS) is 12.6. The van der Waals surface area contributed by atoms with Crippen LogP contribution >= 0.6 is 0 Å². The van der Waals surface area contributed by atoms with Crippen LogP contribution in [0.4, 0.5) is 0 Å². The Hall–Kier alpha value is -1.14. The zero-order valence-electron chi connectivity index (χ0n) is 12.0. The van der Waals surface area contributed by atoms with Gasteiger partial charge in [-0.1, -0.05) is 20.8 Å². The molecular weight excluding hydrogens is 248 g/mol. The second-order valence-electron chi connectivity index (χ2n) is 5.82. The molecule has 0 radical (unpaired) electrons. The van der Waals surface area contributed by atoms with E-state index >= 15 is 0 Å². The molecule has 1 rings (SSSR count). The highest BCUT2D eigenvalue weighted by Gasteiger charge is 2.37. The molecule has 0 saturated carbocycles. The molecule has 1 aromatic rings. The Morgan fingerprint density at radius 3 is 2.56 bits per heavy atom. The molecule has 5 nitrogen and oxygen atoms in total. The second-order valence-corrected chi connectivity index (χ2v) is 10.6. The average molecular weight is 270 g/mol. The summed E-state index contributed by atoms with van der Waals surface area (Å²) in [6.45, 7) is 11.4. The smallest absolute Gasteiger partial charge is 0.358 e. The van der Waals surface area contributed by atoms with Crippen molar-refractivity contribution < 1.29 is 14.0 Å². The number of carbonyl (C=O) groups excluding carboxylic acids is 1. The Bertz CT molecular complexity index is 421. The molecule has 0 aliphatic rings. The molecule has 18 heavy (non-hydrogen) atoms. The first kappa shape index (κ1) is 14.9. The lowest BCUT2D eigenvalue weighted by molar-refractivity contribution is 0.0594. The van der Waals surface area contributed by atoms with Crippen LogP contribution in [-0.4, -0.2) is 31.6 Å². The van der Waals surface area contributed by atoms with Gasteiger partial charge in [-0.3, -0.25) is 5.10 Å². The monoisotopic (exact) mass is 270 g/mol. The van der Waals surface area contributed by atoms with E-state index in [0.29, 0.717) is 6.61 Å². The Morgan fingerprint density at radius 2 is 2.06 bits per heavy atom. The number of hydrogen-bond acceptors (Lipinski definition) is 4. The first-order valence-electron chi connectivity index (χ1n) is 5.94. The first-order chi connectivity index (χ1) is 8.17. The number of nitrogens with zero attached hydrogens (tertiary/aromatic N) is 1. The molecule has 0 unspecified atom stereocenters. The number of esters is 1. The van der Waals surface area contributed by atoms with Crippen LogP contribution in [0.1, 0.15) is 37.0 Å². The van der Waals surface area contributed by atoms with Crippen LogP contribution < -0.4 is 0 Å². The molecule has 0 aromatic carbocycles. The highest BCUT2D eigenvalue weighted by molar-refractivity contribution is 6.74. The fourth-order valence-corrected chi connectivity index (χ4v) is 2.07. The van der Waals surface area contributed by atoms with Gasteiger partial charge in [0.1, 0.15) is 0 Å². The standard InChI is InChI=1S/C12H22N2O3Si/c1-12(2,3)18(5,6)17-8-9-7-10(14-13-9)11(15)16-4/h7H,8H2,1-6H3,(H,13,14). The number of methoxy groups -OCH3 is 1. The molecule has 0 amide bonds. The molecule has 0 aliphatic heterocycles. The summed E-state index contributed by atoms with van der Waals surface area (Å²) in [5.74, 6) is -0.440. The van der Waals surface area contributed by atoms with Crippen LogP contribution in [0.15, 0.2) is 6.07 Å². The Labute approximate surface area is 109 Å². The van der Waals surface area contributed by atoms with Gasteiger partial charge in [0.05, 0.1) is 19.4 Å². The summed E-state index contributed by atoms with van der Waals surface area (Å²) in [4.78, 5) is 11.3. The SMILES string of the molecule is COC(=O)c1cc(CO[Si](C)(C)C(C)(C)C)[nH]n1. The maximum absolute atomic E-state index is 11.3. The second kappa shape index (κ2) is 5.24. The molecule has 102 valence electrons. The van der Waals surface area contributed by atoms with Gasteiger partial charge in [0, 0.05) is 0 Å². The van der Waals surface area contributed by atoms with Crippen molar-refractivity contribution >= 4 is 14.3 Å². The van der Waals surface area contributed by atoms with Gasteiger partial charge in [-0.15, -0.1) is 0 Å². The topological polar surface area (TPSA) is 64.2 Å². The summed E-state index contributed by atoms with van der Waals surface area (Å²) in [6.07, 6.45) is 0. The van der Waals surface area contributed by atoms with E-state index in [0.717, 1.165) is 5.69 Å². The zero-order valence-corrected chi connectivity index (χ0v) is 13.0. The van der Waals surface area contributed by atoms with Crippen molar-refractivity contribution in [2.45, 2.75) is 45.5 Å². The predicted octanol–water partition coefficient (Wildman–Crippen LogP) is 2.72. The van der Waals surface area contributed by atoms with Crippen molar-refractivity contribution in [3.05, 3.63) is 17.5 Å². The van der Waals surface area contributed by atoms with E-state index in [4.69, 9.17) is 4.43 Å². The summed E-state index contributed by atoms with van der Waals surface area (Å²) >= 11 is 0. The number of H-pyrrole nitrogens is 1. The van der Waals surface area contributed by atoms with Crippen LogP contribution in [0.5, 0.6) is 0 Å². The lowest BCUT2D eigenvalue weighted by Gasteiger charge is -2.35. The number of aromatic amines is 1. The third kappa shape index (κ3) is 3.43. The molecule has 0 fully saturated rings. The number of hydrogen-bond donors (Lipinski definition) is 1. The van der Waals surface area contributed by atoms with Gasteiger partial charge in [-0.05, 0) is 24.2 Å². The van der Waals surface area contributed by atoms with Gasteiger partial charge in [-0.2, -0.15) is 5.10 Å². The van der Waals surface area contributed by atoms with Crippen molar-refractivity contribution in [3.63, 3.8) is 0 Å². The van der Waals surface area contributed by atoms with Crippen molar-refractivity contribution in [2.75, 3.05) is 7.11 Å². The molecular formula is C12H22N2O3Si. The maximum atomic E-state index is 11.3. The third-order valence-corrected chi connectivity index (χ3v) is 7.90. The molecule has 0 bridgehead atoms. The Kier molecular flexibility index (Phi) is 4.34. The highest BCUT2D eigenvalue weighted by Crippen LogP contribution is 2.36. The van der Waals surface area contributed by atoms with Gasteiger partial charge in [0.15, 0.2) is 14.0 Å². The lowest BCUT2D eigenvalue weighted by atomic mass is 10.2. The molecule has 1 heterocycles. The van der Waals surface area contributed by atoms with Gasteiger partial charge < -0.3 is 9.16 Å². The molecule has 0 spiro atoms. The minimum absolute atomic E-state index is 0.165. The first-order valence-corrected chi connectivity index (χ1v) is 8.85. The van der Waals surface area contributed by atoms with Crippen molar-refractivity contribution in [3.8, 4) is 0 Å². The highest BCUT2D eigenvalue weighted by atomic mass is 28.4. The van der Waals surface area contributed by atoms with Crippen LogP contribution in [0, 0.1) is 0 Å². The summed E-state index contributed by atoms with van der Waals surface area (Å²) in [6, 6.07) is 1.67. The molecule has 0 aliphatic carbocycles. The third-order valence-electron chi connectivity index (χ3n) is 3.42. The van der Waals surface area contributed by atoms with E-state index in [1.165, 1.54) is 7.11 Å². The van der Waals surface area contributed by atoms with E-state index in [1.54, 1.807) is 6.07 Å². The number of rotatable bonds is 4. The fraction of sp³-hybridized carbons (Fsp3) is 0.667. The number of aromatic nitrogens is 2. The van der Waals surface area contributed by atoms with Gasteiger partial charge >= 0.3 is 5.97 Å². The molecule has 0 atom stereocenters. The van der Waals surface area contributed by atoms with Crippen LogP contribution in [0.25, 0.3) is 0 Å². The predicted molar refractivity (Wildman–Crippen MR) is 71.9 cm³/mol.